The van der Waals surface area contributed by atoms with Gasteiger partial charge < -0.3 is 5.11 Å². The van der Waals surface area contributed by atoms with E-state index in [-0.39, 0.29) is 10.9 Å². The van der Waals surface area contributed by atoms with Gasteiger partial charge in [0, 0.05) is 22.4 Å². The number of carbonyl (C=O) groups is 1. The monoisotopic (exact) mass is 270 g/mol. The van der Waals surface area contributed by atoms with E-state index in [9.17, 15) is 4.79 Å². The van der Waals surface area contributed by atoms with Crippen molar-refractivity contribution in [2.45, 2.75) is 24.3 Å². The van der Waals surface area contributed by atoms with Crippen LogP contribution < -0.4 is 0 Å². The van der Waals surface area contributed by atoms with Crippen LogP contribution in [0.15, 0.2) is 6.07 Å². The van der Waals surface area contributed by atoms with E-state index in [1.54, 1.807) is 0 Å². The number of rotatable bonds is 2. The average molecular weight is 270 g/mol. The lowest BCUT2D eigenvalue weighted by Crippen LogP contribution is -2.19. The van der Waals surface area contributed by atoms with Crippen LogP contribution in [-0.4, -0.2) is 37.8 Å². The Hall–Kier alpha value is -0.750. The lowest BCUT2D eigenvalue weighted by molar-refractivity contribution is 0.0689. The lowest BCUT2D eigenvalue weighted by Gasteiger charge is -2.26. The zero-order valence-electron chi connectivity index (χ0n) is 9.71. The third-order valence-electron chi connectivity index (χ3n) is 2.53. The van der Waals surface area contributed by atoms with E-state index in [4.69, 9.17) is 5.11 Å². The molecular formula is C11H14N2O2S2. The van der Waals surface area contributed by atoms with Gasteiger partial charge in [-0.3, -0.25) is 0 Å². The minimum Gasteiger partial charge on any atom is -0.477 e. The smallest absolute Gasteiger partial charge is 0.354 e. The number of thioether (sulfide) groups is 2. The van der Waals surface area contributed by atoms with Gasteiger partial charge in [-0.15, -0.1) is 11.8 Å². The molecule has 6 heteroatoms. The highest BCUT2D eigenvalue weighted by atomic mass is 32.2. The fraction of sp³-hybridized carbons (Fsp3) is 0.545. The van der Waals surface area contributed by atoms with Crippen LogP contribution >= 0.6 is 23.5 Å². The van der Waals surface area contributed by atoms with Crippen molar-refractivity contribution in [3.8, 4) is 0 Å². The van der Waals surface area contributed by atoms with E-state index < -0.39 is 5.97 Å². The number of aromatic nitrogens is 2. The molecule has 0 aliphatic carbocycles. The molecular weight excluding hydrogens is 256 g/mol. The Labute approximate surface area is 109 Å². The summed E-state index contributed by atoms with van der Waals surface area (Å²) in [4.78, 5) is 19.5. The van der Waals surface area contributed by atoms with Crippen molar-refractivity contribution in [1.82, 2.24) is 9.97 Å². The Morgan fingerprint density at radius 1 is 1.41 bits per heavy atom. The summed E-state index contributed by atoms with van der Waals surface area (Å²) < 4.78 is 0. The third-order valence-corrected chi connectivity index (χ3v) is 5.62. The molecule has 4 nitrogen and oxygen atoms in total. The fourth-order valence-corrected chi connectivity index (χ4v) is 4.43. The summed E-state index contributed by atoms with van der Waals surface area (Å²) in [7, 11) is 0. The molecule has 1 aromatic rings. The molecule has 0 radical (unpaired) electrons. The zero-order valence-corrected chi connectivity index (χ0v) is 11.3. The molecule has 2 heterocycles. The van der Waals surface area contributed by atoms with Crippen molar-refractivity contribution < 1.29 is 9.90 Å². The van der Waals surface area contributed by atoms with E-state index >= 15 is 0 Å². The molecule has 1 aliphatic heterocycles. The first-order chi connectivity index (χ1) is 8.08. The number of aryl methyl sites for hydroxylation is 1. The first-order valence-corrected chi connectivity index (χ1v) is 7.50. The number of carboxylic acid groups (broad SMARTS) is 1. The standard InChI is InChI=1S/C11H14N2O2S2/c1-6-5-8(11(14)15)13-10(12-6)9-7(2)16-3-4-17-9/h5,7,9H,3-4H2,1-2H3,(H,14,15). The third kappa shape index (κ3) is 2.93. The highest BCUT2D eigenvalue weighted by Crippen LogP contribution is 2.40. The molecule has 0 saturated carbocycles. The second-order valence-electron chi connectivity index (χ2n) is 3.93. The Bertz CT molecular complexity index is 439. The number of hydrogen-bond donors (Lipinski definition) is 1. The molecule has 2 unspecified atom stereocenters. The van der Waals surface area contributed by atoms with Crippen LogP contribution in [0, 0.1) is 6.92 Å². The van der Waals surface area contributed by atoms with Crippen molar-refractivity contribution in [2.24, 2.45) is 0 Å². The molecule has 1 fully saturated rings. The molecule has 1 aliphatic rings. The van der Waals surface area contributed by atoms with Crippen LogP contribution in [0.1, 0.15) is 34.2 Å². The number of hydrogen-bond acceptors (Lipinski definition) is 5. The molecule has 2 rings (SSSR count). The van der Waals surface area contributed by atoms with Gasteiger partial charge in [0.05, 0.1) is 5.25 Å². The molecule has 0 spiro atoms. The van der Waals surface area contributed by atoms with Gasteiger partial charge in [-0.25, -0.2) is 14.8 Å². The molecule has 2 atom stereocenters. The van der Waals surface area contributed by atoms with Crippen molar-refractivity contribution >= 4 is 29.5 Å². The average Bonchev–Trinajstić information content (AvgIpc) is 2.28. The summed E-state index contributed by atoms with van der Waals surface area (Å²) in [6, 6.07) is 1.51. The first-order valence-electron chi connectivity index (χ1n) is 5.40. The Balaban J connectivity index is 2.33. The predicted octanol–water partition coefficient (Wildman–Crippen LogP) is 2.39. The Morgan fingerprint density at radius 2 is 2.12 bits per heavy atom. The topological polar surface area (TPSA) is 63.1 Å². The number of carboxylic acids is 1. The fourth-order valence-electron chi connectivity index (χ4n) is 1.74. The molecule has 0 amide bonds. The Morgan fingerprint density at radius 3 is 2.76 bits per heavy atom. The minimum atomic E-state index is -0.988. The molecule has 0 aromatic carbocycles. The van der Waals surface area contributed by atoms with Crippen molar-refractivity contribution in [3.05, 3.63) is 23.3 Å². The summed E-state index contributed by atoms with van der Waals surface area (Å²) in [5.41, 5.74) is 0.812. The number of aromatic carboxylic acids is 1. The van der Waals surface area contributed by atoms with E-state index in [1.165, 1.54) is 6.07 Å². The van der Waals surface area contributed by atoms with E-state index in [0.29, 0.717) is 11.1 Å². The second kappa shape index (κ2) is 5.27. The zero-order chi connectivity index (χ0) is 12.4. The minimum absolute atomic E-state index is 0.0934. The van der Waals surface area contributed by atoms with Crippen LogP contribution in [0.5, 0.6) is 0 Å². The Kier molecular flexibility index (Phi) is 3.93. The SMILES string of the molecule is Cc1cc(C(=O)O)nc(C2SCCSC2C)n1. The number of nitrogens with zero attached hydrogens (tertiary/aromatic N) is 2. The quantitative estimate of drug-likeness (QED) is 0.890. The largest absolute Gasteiger partial charge is 0.477 e. The van der Waals surface area contributed by atoms with Gasteiger partial charge in [0.2, 0.25) is 0 Å². The predicted molar refractivity (Wildman–Crippen MR) is 70.8 cm³/mol. The van der Waals surface area contributed by atoms with Crippen molar-refractivity contribution in [3.63, 3.8) is 0 Å². The summed E-state index contributed by atoms with van der Waals surface area (Å²) in [5, 5.41) is 9.62. The molecule has 0 bridgehead atoms. The van der Waals surface area contributed by atoms with Crippen molar-refractivity contribution in [2.75, 3.05) is 11.5 Å². The van der Waals surface area contributed by atoms with Crippen LogP contribution in [0.3, 0.4) is 0 Å². The summed E-state index contributed by atoms with van der Waals surface area (Å²) >= 11 is 3.71. The van der Waals surface area contributed by atoms with Crippen molar-refractivity contribution in [1.29, 1.82) is 0 Å². The van der Waals surface area contributed by atoms with Gasteiger partial charge in [-0.1, -0.05) is 6.92 Å². The van der Waals surface area contributed by atoms with E-state index in [0.717, 1.165) is 17.2 Å². The summed E-state index contributed by atoms with van der Waals surface area (Å²) in [6.45, 7) is 3.95. The van der Waals surface area contributed by atoms with Gasteiger partial charge in [0.25, 0.3) is 0 Å². The van der Waals surface area contributed by atoms with Gasteiger partial charge in [0.1, 0.15) is 5.82 Å². The van der Waals surface area contributed by atoms with E-state index in [1.807, 2.05) is 30.4 Å². The van der Waals surface area contributed by atoms with Gasteiger partial charge in [-0.2, -0.15) is 11.8 Å². The first kappa shape index (κ1) is 12.7. The molecule has 17 heavy (non-hydrogen) atoms. The molecule has 1 N–H and O–H groups in total. The maximum Gasteiger partial charge on any atom is 0.354 e. The highest BCUT2D eigenvalue weighted by molar-refractivity contribution is 8.06. The van der Waals surface area contributed by atoms with Crippen LogP contribution in [0.4, 0.5) is 0 Å². The molecule has 1 aromatic heterocycles. The maximum absolute atomic E-state index is 11.0. The van der Waals surface area contributed by atoms with Gasteiger partial charge >= 0.3 is 5.97 Å². The van der Waals surface area contributed by atoms with E-state index in [2.05, 4.69) is 16.9 Å². The van der Waals surface area contributed by atoms with Crippen LogP contribution in [-0.2, 0) is 0 Å². The second-order valence-corrected chi connectivity index (χ2v) is 6.66. The molecule has 92 valence electrons. The lowest BCUT2D eigenvalue weighted by atomic mass is 10.2. The van der Waals surface area contributed by atoms with Gasteiger partial charge in [-0.05, 0) is 13.0 Å². The summed E-state index contributed by atoms with van der Waals surface area (Å²) in [6.07, 6.45) is 0. The molecule has 1 saturated heterocycles. The highest BCUT2D eigenvalue weighted by Gasteiger charge is 2.27. The van der Waals surface area contributed by atoms with Crippen LogP contribution in [0.25, 0.3) is 0 Å². The normalized spacial score (nSPS) is 24.6. The van der Waals surface area contributed by atoms with Crippen LogP contribution in [0.2, 0.25) is 0 Å². The maximum atomic E-state index is 11.0. The van der Waals surface area contributed by atoms with Gasteiger partial charge in [0.15, 0.2) is 5.69 Å². The summed E-state index contributed by atoms with van der Waals surface area (Å²) in [5.74, 6) is 1.88.